The van der Waals surface area contributed by atoms with Crippen LogP contribution in [0.3, 0.4) is 0 Å². The second kappa shape index (κ2) is 5.75. The van der Waals surface area contributed by atoms with Crippen molar-refractivity contribution >= 4 is 0 Å². The van der Waals surface area contributed by atoms with Gasteiger partial charge in [0.1, 0.15) is 12.2 Å². The zero-order valence-electron chi connectivity index (χ0n) is 9.11. The molecule has 1 unspecified atom stereocenters. The number of aromatic nitrogens is 3. The van der Waals surface area contributed by atoms with Crippen LogP contribution in [0.1, 0.15) is 38.9 Å². The van der Waals surface area contributed by atoms with Gasteiger partial charge in [-0.1, -0.05) is 6.92 Å². The second-order valence-corrected chi connectivity index (χ2v) is 3.81. The lowest BCUT2D eigenvalue weighted by Crippen LogP contribution is -2.15. The molecule has 0 aliphatic carbocycles. The van der Waals surface area contributed by atoms with Crippen LogP contribution in [0.15, 0.2) is 6.33 Å². The molecule has 1 heterocycles. The van der Waals surface area contributed by atoms with E-state index in [9.17, 15) is 0 Å². The highest BCUT2D eigenvalue weighted by Crippen LogP contribution is 2.04. The molecule has 0 radical (unpaired) electrons. The largest absolute Gasteiger partial charge is 0.328 e. The highest BCUT2D eigenvalue weighted by atomic mass is 15.3. The van der Waals surface area contributed by atoms with Crippen LogP contribution in [0, 0.1) is 0 Å². The molecular formula is C10H20N4. The van der Waals surface area contributed by atoms with Gasteiger partial charge in [0, 0.05) is 19.0 Å². The number of nitrogens with two attached hydrogens (primary N) is 1. The first-order valence-corrected chi connectivity index (χ1v) is 5.36. The highest BCUT2D eigenvalue weighted by molar-refractivity contribution is 4.85. The third kappa shape index (κ3) is 3.46. The Morgan fingerprint density at radius 2 is 2.36 bits per heavy atom. The fraction of sp³-hybridized carbons (Fsp3) is 0.800. The first kappa shape index (κ1) is 11.2. The lowest BCUT2D eigenvalue weighted by Gasteiger charge is -2.06. The second-order valence-electron chi connectivity index (χ2n) is 3.81. The maximum atomic E-state index is 5.69. The average Bonchev–Trinajstić information content (AvgIpc) is 2.53. The van der Waals surface area contributed by atoms with Gasteiger partial charge in [0.25, 0.3) is 0 Å². The van der Waals surface area contributed by atoms with E-state index >= 15 is 0 Å². The summed E-state index contributed by atoms with van der Waals surface area (Å²) in [6.07, 6.45) is 6.07. The van der Waals surface area contributed by atoms with Crippen LogP contribution in [-0.4, -0.2) is 20.8 Å². The molecule has 0 fully saturated rings. The van der Waals surface area contributed by atoms with Gasteiger partial charge in [-0.05, 0) is 26.2 Å². The van der Waals surface area contributed by atoms with E-state index in [1.807, 2.05) is 13.3 Å². The summed E-state index contributed by atoms with van der Waals surface area (Å²) in [7, 11) is 0. The maximum absolute atomic E-state index is 5.69. The van der Waals surface area contributed by atoms with E-state index in [0.717, 1.165) is 38.1 Å². The Kier molecular flexibility index (Phi) is 4.59. The van der Waals surface area contributed by atoms with Crippen LogP contribution in [0.5, 0.6) is 0 Å². The van der Waals surface area contributed by atoms with Gasteiger partial charge in [0.15, 0.2) is 0 Å². The Morgan fingerprint density at radius 3 is 3.00 bits per heavy atom. The molecule has 1 atom stereocenters. The molecule has 0 aliphatic rings. The smallest absolute Gasteiger partial charge is 0.132 e. The zero-order valence-corrected chi connectivity index (χ0v) is 9.11. The van der Waals surface area contributed by atoms with Gasteiger partial charge in [0.05, 0.1) is 0 Å². The minimum Gasteiger partial charge on any atom is -0.328 e. The van der Waals surface area contributed by atoms with Crippen molar-refractivity contribution in [3.63, 3.8) is 0 Å². The summed E-state index contributed by atoms with van der Waals surface area (Å²) >= 11 is 0. The van der Waals surface area contributed by atoms with Gasteiger partial charge in [-0.15, -0.1) is 10.2 Å². The Morgan fingerprint density at radius 1 is 1.57 bits per heavy atom. The highest BCUT2D eigenvalue weighted by Gasteiger charge is 2.03. The van der Waals surface area contributed by atoms with Crippen LogP contribution < -0.4 is 5.73 Å². The van der Waals surface area contributed by atoms with Crippen molar-refractivity contribution < 1.29 is 0 Å². The molecular weight excluding hydrogens is 176 g/mol. The number of rotatable bonds is 6. The Labute approximate surface area is 85.5 Å². The van der Waals surface area contributed by atoms with Crippen molar-refractivity contribution in [3.8, 4) is 0 Å². The molecule has 1 rings (SSSR count). The monoisotopic (exact) mass is 196 g/mol. The molecule has 2 N–H and O–H groups in total. The molecule has 0 aliphatic heterocycles. The predicted octanol–water partition coefficient (Wildman–Crippen LogP) is 1.36. The fourth-order valence-corrected chi connectivity index (χ4v) is 1.48. The van der Waals surface area contributed by atoms with Crippen molar-refractivity contribution in [3.05, 3.63) is 12.2 Å². The topological polar surface area (TPSA) is 56.7 Å². The molecule has 0 saturated heterocycles. The minimum atomic E-state index is 0.289. The van der Waals surface area contributed by atoms with Gasteiger partial charge in [0.2, 0.25) is 0 Å². The SMILES string of the molecule is CCCn1cnnc1CCCC(C)N. The van der Waals surface area contributed by atoms with Crippen molar-refractivity contribution in [1.29, 1.82) is 0 Å². The molecule has 0 spiro atoms. The normalized spacial score (nSPS) is 13.1. The summed E-state index contributed by atoms with van der Waals surface area (Å²) in [5.41, 5.74) is 5.69. The van der Waals surface area contributed by atoms with E-state index in [-0.39, 0.29) is 6.04 Å². The number of nitrogens with zero attached hydrogens (tertiary/aromatic N) is 3. The number of hydrogen-bond donors (Lipinski definition) is 1. The van der Waals surface area contributed by atoms with Gasteiger partial charge < -0.3 is 10.3 Å². The van der Waals surface area contributed by atoms with Crippen molar-refractivity contribution in [2.24, 2.45) is 5.73 Å². The molecule has 1 aromatic heterocycles. The van der Waals surface area contributed by atoms with Crippen molar-refractivity contribution in [2.45, 2.75) is 52.1 Å². The van der Waals surface area contributed by atoms with Gasteiger partial charge >= 0.3 is 0 Å². The zero-order chi connectivity index (χ0) is 10.4. The molecule has 4 nitrogen and oxygen atoms in total. The molecule has 4 heteroatoms. The number of aryl methyl sites for hydroxylation is 2. The van der Waals surface area contributed by atoms with Crippen LogP contribution in [0.4, 0.5) is 0 Å². The van der Waals surface area contributed by atoms with Crippen molar-refractivity contribution in [1.82, 2.24) is 14.8 Å². The Bertz CT molecular complexity index is 254. The summed E-state index contributed by atoms with van der Waals surface area (Å²) in [4.78, 5) is 0. The van der Waals surface area contributed by atoms with Crippen LogP contribution in [0.25, 0.3) is 0 Å². The van der Waals surface area contributed by atoms with E-state index in [0.29, 0.717) is 0 Å². The summed E-state index contributed by atoms with van der Waals surface area (Å²) in [6, 6.07) is 0.289. The Balaban J connectivity index is 2.37. The van der Waals surface area contributed by atoms with Crippen molar-refractivity contribution in [2.75, 3.05) is 0 Å². The average molecular weight is 196 g/mol. The fourth-order valence-electron chi connectivity index (χ4n) is 1.48. The van der Waals surface area contributed by atoms with Crippen LogP contribution in [0.2, 0.25) is 0 Å². The summed E-state index contributed by atoms with van der Waals surface area (Å²) in [5, 5.41) is 8.02. The van der Waals surface area contributed by atoms with E-state index in [1.165, 1.54) is 0 Å². The minimum absolute atomic E-state index is 0.289. The third-order valence-corrected chi connectivity index (χ3v) is 2.22. The predicted molar refractivity (Wildman–Crippen MR) is 56.9 cm³/mol. The molecule has 80 valence electrons. The molecule has 0 saturated carbocycles. The van der Waals surface area contributed by atoms with E-state index in [1.54, 1.807) is 0 Å². The summed E-state index contributed by atoms with van der Waals surface area (Å²) in [6.45, 7) is 5.21. The Hall–Kier alpha value is -0.900. The van der Waals surface area contributed by atoms with Crippen LogP contribution in [-0.2, 0) is 13.0 Å². The van der Waals surface area contributed by atoms with Crippen LogP contribution >= 0.6 is 0 Å². The lowest BCUT2D eigenvalue weighted by molar-refractivity contribution is 0.581. The van der Waals surface area contributed by atoms with Gasteiger partial charge in [-0.2, -0.15) is 0 Å². The summed E-state index contributed by atoms with van der Waals surface area (Å²) in [5.74, 6) is 1.09. The third-order valence-electron chi connectivity index (χ3n) is 2.22. The molecule has 0 aromatic carbocycles. The quantitative estimate of drug-likeness (QED) is 0.747. The molecule has 0 amide bonds. The van der Waals surface area contributed by atoms with Gasteiger partial charge in [-0.3, -0.25) is 0 Å². The first-order valence-electron chi connectivity index (χ1n) is 5.36. The lowest BCUT2D eigenvalue weighted by atomic mass is 10.1. The first-order chi connectivity index (χ1) is 6.74. The van der Waals surface area contributed by atoms with Gasteiger partial charge in [-0.25, -0.2) is 0 Å². The van der Waals surface area contributed by atoms with E-state index < -0.39 is 0 Å². The molecule has 14 heavy (non-hydrogen) atoms. The molecule has 0 bridgehead atoms. The maximum Gasteiger partial charge on any atom is 0.132 e. The van der Waals surface area contributed by atoms with E-state index in [2.05, 4.69) is 21.7 Å². The molecule has 1 aromatic rings. The summed E-state index contributed by atoms with van der Waals surface area (Å²) < 4.78 is 2.13. The standard InChI is InChI=1S/C10H20N4/c1-3-7-14-8-12-13-10(14)6-4-5-9(2)11/h8-9H,3-7,11H2,1-2H3. The van der Waals surface area contributed by atoms with E-state index in [4.69, 9.17) is 5.73 Å². The number of hydrogen-bond acceptors (Lipinski definition) is 3.